The Hall–Kier alpha value is -1.13. The van der Waals surface area contributed by atoms with Gasteiger partial charge in [-0.2, -0.15) is 0 Å². The molecule has 0 aliphatic heterocycles. The first-order valence-corrected chi connectivity index (χ1v) is 6.09. The number of halogens is 2. The Labute approximate surface area is 111 Å². The van der Waals surface area contributed by atoms with E-state index in [4.69, 9.17) is 16.7 Å². The van der Waals surface area contributed by atoms with Crippen molar-refractivity contribution in [2.45, 2.75) is 26.8 Å². The Morgan fingerprint density at radius 2 is 2.17 bits per heavy atom. The number of hydrogen-bond acceptors (Lipinski definition) is 2. The van der Waals surface area contributed by atoms with Crippen molar-refractivity contribution in [2.75, 3.05) is 6.54 Å². The zero-order valence-corrected chi connectivity index (χ0v) is 11.2. The Morgan fingerprint density at radius 3 is 2.72 bits per heavy atom. The zero-order valence-electron chi connectivity index (χ0n) is 10.5. The average molecular weight is 274 g/mol. The number of carboxylic acid groups (broad SMARTS) is 1. The van der Waals surface area contributed by atoms with E-state index in [1.165, 1.54) is 6.07 Å². The third-order valence-electron chi connectivity index (χ3n) is 2.84. The van der Waals surface area contributed by atoms with E-state index >= 15 is 0 Å². The molecule has 0 bridgehead atoms. The highest BCUT2D eigenvalue weighted by molar-refractivity contribution is 6.30. The van der Waals surface area contributed by atoms with E-state index in [1.54, 1.807) is 26.0 Å². The van der Waals surface area contributed by atoms with Gasteiger partial charge in [-0.1, -0.05) is 17.7 Å². The van der Waals surface area contributed by atoms with Crippen LogP contribution in [-0.4, -0.2) is 17.6 Å². The summed E-state index contributed by atoms with van der Waals surface area (Å²) in [5, 5.41) is 12.3. The zero-order chi connectivity index (χ0) is 13.8. The largest absolute Gasteiger partial charge is 0.481 e. The minimum atomic E-state index is -0.832. The molecule has 1 aromatic rings. The van der Waals surface area contributed by atoms with Crippen molar-refractivity contribution in [3.05, 3.63) is 34.6 Å². The van der Waals surface area contributed by atoms with Crippen molar-refractivity contribution in [1.82, 2.24) is 5.32 Å². The number of nitrogens with one attached hydrogen (secondary N) is 1. The number of carboxylic acids is 1. The van der Waals surface area contributed by atoms with Crippen LogP contribution in [-0.2, 0) is 11.3 Å². The van der Waals surface area contributed by atoms with E-state index in [0.29, 0.717) is 30.1 Å². The lowest BCUT2D eigenvalue weighted by Crippen LogP contribution is -2.29. The first kappa shape index (κ1) is 14.9. The summed E-state index contributed by atoms with van der Waals surface area (Å²) >= 11 is 5.65. The van der Waals surface area contributed by atoms with Crippen molar-refractivity contribution >= 4 is 17.6 Å². The van der Waals surface area contributed by atoms with E-state index in [-0.39, 0.29) is 5.82 Å². The molecule has 0 saturated carbocycles. The topological polar surface area (TPSA) is 49.3 Å². The molecule has 100 valence electrons. The highest BCUT2D eigenvalue weighted by Crippen LogP contribution is 2.19. The van der Waals surface area contributed by atoms with Gasteiger partial charge in [0.2, 0.25) is 0 Å². The van der Waals surface area contributed by atoms with Crippen LogP contribution in [0.25, 0.3) is 0 Å². The van der Waals surface area contributed by atoms with Gasteiger partial charge < -0.3 is 10.4 Å². The van der Waals surface area contributed by atoms with Crippen LogP contribution >= 0.6 is 11.6 Å². The van der Waals surface area contributed by atoms with Gasteiger partial charge >= 0.3 is 5.97 Å². The molecule has 1 aromatic carbocycles. The predicted molar refractivity (Wildman–Crippen MR) is 69.2 cm³/mol. The third kappa shape index (κ3) is 4.27. The van der Waals surface area contributed by atoms with Crippen molar-refractivity contribution in [3.8, 4) is 0 Å². The fourth-order valence-electron chi connectivity index (χ4n) is 1.40. The lowest BCUT2D eigenvalue weighted by atomic mass is 9.90. The molecule has 0 unspecified atom stereocenters. The SMILES string of the molecule is CC(C)(CCNCc1ccc(Cl)cc1F)C(=O)O. The van der Waals surface area contributed by atoms with Crippen molar-refractivity contribution in [3.63, 3.8) is 0 Å². The van der Waals surface area contributed by atoms with Crippen molar-refractivity contribution < 1.29 is 14.3 Å². The highest BCUT2D eigenvalue weighted by Gasteiger charge is 2.26. The van der Waals surface area contributed by atoms with E-state index < -0.39 is 11.4 Å². The molecule has 5 heteroatoms. The smallest absolute Gasteiger partial charge is 0.309 e. The summed E-state index contributed by atoms with van der Waals surface area (Å²) in [6, 6.07) is 4.51. The maximum atomic E-state index is 13.4. The van der Waals surface area contributed by atoms with Crippen LogP contribution in [0.1, 0.15) is 25.8 Å². The minimum Gasteiger partial charge on any atom is -0.481 e. The molecule has 0 amide bonds. The van der Waals surface area contributed by atoms with E-state index in [2.05, 4.69) is 5.32 Å². The molecule has 0 aromatic heterocycles. The molecule has 2 N–H and O–H groups in total. The summed E-state index contributed by atoms with van der Waals surface area (Å²) in [6.45, 7) is 4.21. The van der Waals surface area contributed by atoms with E-state index in [9.17, 15) is 9.18 Å². The van der Waals surface area contributed by atoms with Crippen LogP contribution in [0.4, 0.5) is 4.39 Å². The molecular weight excluding hydrogens is 257 g/mol. The number of aliphatic carboxylic acids is 1. The minimum absolute atomic E-state index is 0.354. The summed E-state index contributed by atoms with van der Waals surface area (Å²) in [5.74, 6) is -1.19. The Kier molecular flexibility index (Phi) is 5.11. The van der Waals surface area contributed by atoms with Gasteiger partial charge in [0.1, 0.15) is 5.82 Å². The number of rotatable bonds is 6. The molecule has 0 radical (unpaired) electrons. The van der Waals surface area contributed by atoms with Crippen LogP contribution in [0, 0.1) is 11.2 Å². The monoisotopic (exact) mass is 273 g/mol. The molecule has 18 heavy (non-hydrogen) atoms. The summed E-state index contributed by atoms with van der Waals surface area (Å²) in [7, 11) is 0. The van der Waals surface area contributed by atoms with Crippen LogP contribution in [0.2, 0.25) is 5.02 Å². The Balaban J connectivity index is 2.41. The molecule has 0 atom stereocenters. The van der Waals surface area contributed by atoms with E-state index in [1.807, 2.05) is 0 Å². The van der Waals surface area contributed by atoms with Gasteiger partial charge in [0.05, 0.1) is 5.41 Å². The van der Waals surface area contributed by atoms with Crippen LogP contribution in [0.3, 0.4) is 0 Å². The van der Waals surface area contributed by atoms with Gasteiger partial charge in [0.25, 0.3) is 0 Å². The van der Waals surface area contributed by atoms with E-state index in [0.717, 1.165) is 0 Å². The summed E-state index contributed by atoms with van der Waals surface area (Å²) < 4.78 is 13.4. The Morgan fingerprint density at radius 1 is 1.50 bits per heavy atom. The fraction of sp³-hybridized carbons (Fsp3) is 0.462. The number of benzene rings is 1. The molecule has 0 aliphatic rings. The van der Waals surface area contributed by atoms with Gasteiger partial charge in [-0.25, -0.2) is 4.39 Å². The third-order valence-corrected chi connectivity index (χ3v) is 3.07. The van der Waals surface area contributed by atoms with Gasteiger partial charge in [-0.05, 0) is 38.9 Å². The maximum absolute atomic E-state index is 13.4. The summed E-state index contributed by atoms with van der Waals surface area (Å²) in [4.78, 5) is 10.9. The molecular formula is C13H17ClFNO2. The molecule has 1 rings (SSSR count). The first-order valence-electron chi connectivity index (χ1n) is 5.71. The summed E-state index contributed by atoms with van der Waals surface area (Å²) in [5.41, 5.74) is -0.251. The number of carbonyl (C=O) groups is 1. The molecule has 0 heterocycles. The van der Waals surface area contributed by atoms with Crippen molar-refractivity contribution in [1.29, 1.82) is 0 Å². The highest BCUT2D eigenvalue weighted by atomic mass is 35.5. The van der Waals surface area contributed by atoms with Crippen LogP contribution in [0.5, 0.6) is 0 Å². The second-order valence-corrected chi connectivity index (χ2v) is 5.29. The standard InChI is InChI=1S/C13H17ClFNO2/c1-13(2,12(17)18)5-6-16-8-9-3-4-10(14)7-11(9)15/h3-4,7,16H,5-6,8H2,1-2H3,(H,17,18). The molecule has 0 fully saturated rings. The first-order chi connectivity index (χ1) is 8.33. The second kappa shape index (κ2) is 6.16. The van der Waals surface area contributed by atoms with Crippen LogP contribution < -0.4 is 5.32 Å². The fourth-order valence-corrected chi connectivity index (χ4v) is 1.55. The average Bonchev–Trinajstić information content (AvgIpc) is 2.26. The Bertz CT molecular complexity index is 435. The lowest BCUT2D eigenvalue weighted by Gasteiger charge is -2.19. The second-order valence-electron chi connectivity index (χ2n) is 4.85. The molecule has 3 nitrogen and oxygen atoms in total. The summed E-state index contributed by atoms with van der Waals surface area (Å²) in [6.07, 6.45) is 0.484. The van der Waals surface area contributed by atoms with Gasteiger partial charge in [0, 0.05) is 17.1 Å². The molecule has 0 aliphatic carbocycles. The lowest BCUT2D eigenvalue weighted by molar-refractivity contribution is -0.147. The number of hydrogen-bond donors (Lipinski definition) is 2. The molecule has 0 saturated heterocycles. The maximum Gasteiger partial charge on any atom is 0.309 e. The van der Waals surface area contributed by atoms with Crippen molar-refractivity contribution in [2.24, 2.45) is 5.41 Å². The van der Waals surface area contributed by atoms with Crippen LogP contribution in [0.15, 0.2) is 18.2 Å². The normalized spacial score (nSPS) is 11.6. The van der Waals surface area contributed by atoms with Gasteiger partial charge in [-0.15, -0.1) is 0 Å². The molecule has 0 spiro atoms. The predicted octanol–water partition coefficient (Wildman–Crippen LogP) is 3.07. The van der Waals surface area contributed by atoms with Gasteiger partial charge in [-0.3, -0.25) is 4.79 Å². The van der Waals surface area contributed by atoms with Gasteiger partial charge in [0.15, 0.2) is 0 Å². The quantitative estimate of drug-likeness (QED) is 0.783.